The highest BCUT2D eigenvalue weighted by molar-refractivity contribution is 5.41. The SMILES string of the molecule is COC1CCc2ccccc2C1(C#N)OC. The quantitative estimate of drug-likeness (QED) is 0.761. The number of hydrogen-bond acceptors (Lipinski definition) is 3. The zero-order chi connectivity index (χ0) is 11.6. The number of ether oxygens (including phenoxy) is 2. The van der Waals surface area contributed by atoms with Gasteiger partial charge in [0.05, 0.1) is 0 Å². The topological polar surface area (TPSA) is 42.2 Å². The molecule has 0 radical (unpaired) electrons. The van der Waals surface area contributed by atoms with Crippen LogP contribution in [0.5, 0.6) is 0 Å². The number of methoxy groups -OCH3 is 2. The van der Waals surface area contributed by atoms with Crippen LogP contribution in [0.15, 0.2) is 24.3 Å². The molecule has 16 heavy (non-hydrogen) atoms. The standard InChI is InChI=1S/C13H15NO2/c1-15-12-8-7-10-5-3-4-6-11(10)13(12,9-14)16-2/h3-6,12H,7-8H2,1-2H3. The van der Waals surface area contributed by atoms with Gasteiger partial charge in [0, 0.05) is 19.8 Å². The minimum absolute atomic E-state index is 0.197. The summed E-state index contributed by atoms with van der Waals surface area (Å²) in [7, 11) is 3.20. The molecule has 3 heteroatoms. The number of rotatable bonds is 2. The van der Waals surface area contributed by atoms with Gasteiger partial charge in [-0.1, -0.05) is 24.3 Å². The smallest absolute Gasteiger partial charge is 0.205 e. The Labute approximate surface area is 95.6 Å². The Hall–Kier alpha value is -1.37. The number of hydrogen-bond donors (Lipinski definition) is 0. The minimum atomic E-state index is -0.955. The summed E-state index contributed by atoms with van der Waals surface area (Å²) in [5, 5.41) is 9.43. The molecule has 0 aromatic heterocycles. The van der Waals surface area contributed by atoms with Crippen molar-refractivity contribution in [3.63, 3.8) is 0 Å². The van der Waals surface area contributed by atoms with E-state index in [2.05, 4.69) is 6.07 Å². The van der Waals surface area contributed by atoms with Crippen molar-refractivity contribution in [2.75, 3.05) is 14.2 Å². The maximum absolute atomic E-state index is 9.43. The number of benzene rings is 1. The first-order valence-electron chi connectivity index (χ1n) is 5.36. The lowest BCUT2D eigenvalue weighted by Gasteiger charge is -2.38. The maximum Gasteiger partial charge on any atom is 0.205 e. The zero-order valence-electron chi connectivity index (χ0n) is 9.56. The average molecular weight is 217 g/mol. The Balaban J connectivity index is 2.57. The summed E-state index contributed by atoms with van der Waals surface area (Å²) in [6.07, 6.45) is 1.55. The predicted octanol–water partition coefficient (Wildman–Crippen LogP) is 2.01. The molecule has 0 saturated heterocycles. The number of fused-ring (bicyclic) bond motifs is 1. The van der Waals surface area contributed by atoms with E-state index in [0.717, 1.165) is 18.4 Å². The van der Waals surface area contributed by atoms with E-state index in [-0.39, 0.29) is 6.10 Å². The van der Waals surface area contributed by atoms with Crippen LogP contribution in [-0.4, -0.2) is 20.3 Å². The third-order valence-corrected chi connectivity index (χ3v) is 3.32. The Bertz CT molecular complexity index is 424. The Morgan fingerprint density at radius 2 is 2.12 bits per heavy atom. The predicted molar refractivity (Wildman–Crippen MR) is 59.9 cm³/mol. The lowest BCUT2D eigenvalue weighted by molar-refractivity contribution is -0.0952. The summed E-state index contributed by atoms with van der Waals surface area (Å²) in [4.78, 5) is 0. The van der Waals surface area contributed by atoms with E-state index >= 15 is 0 Å². The summed E-state index contributed by atoms with van der Waals surface area (Å²) < 4.78 is 10.9. The largest absolute Gasteiger partial charge is 0.377 e. The molecule has 0 fully saturated rings. The third kappa shape index (κ3) is 1.42. The van der Waals surface area contributed by atoms with Crippen LogP contribution in [0.1, 0.15) is 17.5 Å². The third-order valence-electron chi connectivity index (χ3n) is 3.32. The van der Waals surface area contributed by atoms with Gasteiger partial charge in [-0.15, -0.1) is 0 Å². The fourth-order valence-electron chi connectivity index (χ4n) is 2.47. The summed E-state index contributed by atoms with van der Waals surface area (Å²) in [6, 6.07) is 10.2. The summed E-state index contributed by atoms with van der Waals surface area (Å²) in [5.41, 5.74) is 1.17. The molecule has 0 heterocycles. The molecule has 0 aliphatic heterocycles. The summed E-state index contributed by atoms with van der Waals surface area (Å²) in [5.74, 6) is 0. The molecule has 0 saturated carbocycles. The van der Waals surface area contributed by atoms with E-state index in [0.29, 0.717) is 0 Å². The number of aryl methyl sites for hydroxylation is 1. The molecule has 1 aromatic rings. The van der Waals surface area contributed by atoms with Crippen molar-refractivity contribution in [2.24, 2.45) is 0 Å². The van der Waals surface area contributed by atoms with Gasteiger partial charge >= 0.3 is 0 Å². The molecule has 2 unspecified atom stereocenters. The fraction of sp³-hybridized carbons (Fsp3) is 0.462. The highest BCUT2D eigenvalue weighted by Crippen LogP contribution is 2.39. The van der Waals surface area contributed by atoms with Crippen LogP contribution < -0.4 is 0 Å². The average Bonchev–Trinajstić information content (AvgIpc) is 2.37. The van der Waals surface area contributed by atoms with Crippen molar-refractivity contribution in [3.8, 4) is 6.07 Å². The molecule has 0 N–H and O–H groups in total. The first kappa shape index (κ1) is 11.1. The van der Waals surface area contributed by atoms with Crippen molar-refractivity contribution < 1.29 is 9.47 Å². The second kappa shape index (κ2) is 4.25. The van der Waals surface area contributed by atoms with Gasteiger partial charge in [0.25, 0.3) is 0 Å². The van der Waals surface area contributed by atoms with Crippen molar-refractivity contribution >= 4 is 0 Å². The highest BCUT2D eigenvalue weighted by Gasteiger charge is 2.45. The van der Waals surface area contributed by atoms with E-state index < -0.39 is 5.60 Å². The minimum Gasteiger partial charge on any atom is -0.377 e. The van der Waals surface area contributed by atoms with Crippen LogP contribution in [0.4, 0.5) is 0 Å². The van der Waals surface area contributed by atoms with Crippen LogP contribution in [0.25, 0.3) is 0 Å². The van der Waals surface area contributed by atoms with Gasteiger partial charge in [0.1, 0.15) is 12.2 Å². The zero-order valence-corrected chi connectivity index (χ0v) is 9.56. The van der Waals surface area contributed by atoms with Gasteiger partial charge in [-0.2, -0.15) is 5.26 Å². The van der Waals surface area contributed by atoms with Crippen LogP contribution in [0.3, 0.4) is 0 Å². The summed E-state index contributed by atoms with van der Waals surface area (Å²) in [6.45, 7) is 0. The van der Waals surface area contributed by atoms with Gasteiger partial charge in [-0.05, 0) is 18.4 Å². The van der Waals surface area contributed by atoms with Gasteiger partial charge in [-0.25, -0.2) is 0 Å². The molecular weight excluding hydrogens is 202 g/mol. The van der Waals surface area contributed by atoms with E-state index in [4.69, 9.17) is 9.47 Å². The molecular formula is C13H15NO2. The lowest BCUT2D eigenvalue weighted by Crippen LogP contribution is -2.45. The molecule has 0 amide bonds. The first-order valence-corrected chi connectivity index (χ1v) is 5.36. The van der Waals surface area contributed by atoms with Gasteiger partial charge in [0.15, 0.2) is 0 Å². The van der Waals surface area contributed by atoms with Crippen molar-refractivity contribution in [3.05, 3.63) is 35.4 Å². The molecule has 0 spiro atoms. The second-order valence-corrected chi connectivity index (χ2v) is 3.97. The van der Waals surface area contributed by atoms with Crippen molar-refractivity contribution in [1.29, 1.82) is 5.26 Å². The first-order chi connectivity index (χ1) is 7.78. The molecule has 1 aliphatic carbocycles. The molecule has 1 aromatic carbocycles. The van der Waals surface area contributed by atoms with Gasteiger partial charge < -0.3 is 9.47 Å². The molecule has 2 rings (SSSR count). The Morgan fingerprint density at radius 3 is 2.75 bits per heavy atom. The highest BCUT2D eigenvalue weighted by atomic mass is 16.5. The Morgan fingerprint density at radius 1 is 1.38 bits per heavy atom. The monoisotopic (exact) mass is 217 g/mol. The lowest BCUT2D eigenvalue weighted by atomic mass is 9.77. The maximum atomic E-state index is 9.43. The van der Waals surface area contributed by atoms with Crippen molar-refractivity contribution in [2.45, 2.75) is 24.5 Å². The molecule has 2 atom stereocenters. The Kier molecular flexibility index (Phi) is 2.95. The second-order valence-electron chi connectivity index (χ2n) is 3.97. The van der Waals surface area contributed by atoms with Crippen LogP contribution >= 0.6 is 0 Å². The molecule has 3 nitrogen and oxygen atoms in total. The summed E-state index contributed by atoms with van der Waals surface area (Å²) >= 11 is 0. The van der Waals surface area contributed by atoms with E-state index in [9.17, 15) is 5.26 Å². The van der Waals surface area contributed by atoms with Crippen molar-refractivity contribution in [1.82, 2.24) is 0 Å². The molecule has 1 aliphatic rings. The van der Waals surface area contributed by atoms with E-state index in [1.165, 1.54) is 5.56 Å². The van der Waals surface area contributed by atoms with Crippen LogP contribution in [0, 0.1) is 11.3 Å². The van der Waals surface area contributed by atoms with E-state index in [1.54, 1.807) is 14.2 Å². The van der Waals surface area contributed by atoms with Gasteiger partial charge in [0.2, 0.25) is 5.60 Å². The fourth-order valence-corrected chi connectivity index (χ4v) is 2.47. The van der Waals surface area contributed by atoms with Crippen LogP contribution in [-0.2, 0) is 21.5 Å². The van der Waals surface area contributed by atoms with Crippen LogP contribution in [0.2, 0.25) is 0 Å². The number of nitriles is 1. The van der Waals surface area contributed by atoms with E-state index in [1.807, 2.05) is 24.3 Å². The molecule has 0 bridgehead atoms. The van der Waals surface area contributed by atoms with Gasteiger partial charge in [-0.3, -0.25) is 0 Å². The molecule has 84 valence electrons. The normalized spacial score (nSPS) is 28.2. The number of nitrogens with zero attached hydrogens (tertiary/aromatic N) is 1.